The van der Waals surface area contributed by atoms with Crippen LogP contribution in [0.25, 0.3) is 0 Å². The normalized spacial score (nSPS) is 26.7. The first-order valence-corrected chi connectivity index (χ1v) is 9.47. The zero-order valence-corrected chi connectivity index (χ0v) is 15.8. The number of cyclic esters (lactones) is 1. The van der Waals surface area contributed by atoms with Crippen molar-refractivity contribution in [3.8, 4) is 0 Å². The van der Waals surface area contributed by atoms with Crippen LogP contribution in [0.3, 0.4) is 0 Å². The number of nitrogens with zero attached hydrogens (tertiary/aromatic N) is 3. The minimum Gasteiger partial charge on any atom is -0.448 e. The summed E-state index contributed by atoms with van der Waals surface area (Å²) in [7, 11) is 0. The zero-order chi connectivity index (χ0) is 19.2. The van der Waals surface area contributed by atoms with Gasteiger partial charge in [-0.2, -0.15) is 0 Å². The molecule has 0 N–H and O–H groups in total. The fraction of sp³-hybridized carbons (Fsp3) is 0.550. The molecule has 3 heterocycles. The highest BCUT2D eigenvalue weighted by Crippen LogP contribution is 2.48. The van der Waals surface area contributed by atoms with Crippen LogP contribution in [-0.2, 0) is 14.3 Å². The van der Waals surface area contributed by atoms with Crippen LogP contribution in [0.2, 0.25) is 0 Å². The van der Waals surface area contributed by atoms with Gasteiger partial charge in [0.05, 0.1) is 18.6 Å². The highest BCUT2D eigenvalue weighted by Gasteiger charge is 2.51. The molecular formula is C20H25N3O4. The Morgan fingerprint density at radius 2 is 1.85 bits per heavy atom. The van der Waals surface area contributed by atoms with Crippen LogP contribution in [-0.4, -0.2) is 71.4 Å². The van der Waals surface area contributed by atoms with E-state index >= 15 is 0 Å². The van der Waals surface area contributed by atoms with E-state index in [2.05, 4.69) is 13.8 Å². The molecule has 0 spiro atoms. The van der Waals surface area contributed by atoms with Crippen molar-refractivity contribution in [2.45, 2.75) is 32.4 Å². The maximum atomic E-state index is 12.9. The summed E-state index contributed by atoms with van der Waals surface area (Å²) in [4.78, 5) is 42.4. The molecule has 2 unspecified atom stereocenters. The molecule has 144 valence electrons. The predicted molar refractivity (Wildman–Crippen MR) is 97.7 cm³/mol. The summed E-state index contributed by atoms with van der Waals surface area (Å²) < 4.78 is 4.98. The number of ether oxygens (including phenoxy) is 1. The van der Waals surface area contributed by atoms with Crippen molar-refractivity contribution in [3.05, 3.63) is 35.9 Å². The lowest BCUT2D eigenvalue weighted by Crippen LogP contribution is -2.61. The number of hydrogen-bond acceptors (Lipinski definition) is 4. The first-order chi connectivity index (χ1) is 12.9. The largest absolute Gasteiger partial charge is 0.448 e. The molecular weight excluding hydrogens is 346 g/mol. The lowest BCUT2D eigenvalue weighted by atomic mass is 9.71. The van der Waals surface area contributed by atoms with Gasteiger partial charge in [-0.1, -0.05) is 44.2 Å². The van der Waals surface area contributed by atoms with Crippen molar-refractivity contribution < 1.29 is 19.1 Å². The fourth-order valence-electron chi connectivity index (χ4n) is 4.56. The lowest BCUT2D eigenvalue weighted by molar-refractivity contribution is -0.164. The fourth-order valence-corrected chi connectivity index (χ4v) is 4.56. The van der Waals surface area contributed by atoms with Gasteiger partial charge in [0.15, 0.2) is 0 Å². The smallest absolute Gasteiger partial charge is 0.410 e. The summed E-state index contributed by atoms with van der Waals surface area (Å²) >= 11 is 0. The molecule has 4 rings (SSSR count). The van der Waals surface area contributed by atoms with Crippen molar-refractivity contribution in [1.29, 1.82) is 0 Å². The summed E-state index contributed by atoms with van der Waals surface area (Å²) in [6, 6.07) is 9.70. The highest BCUT2D eigenvalue weighted by atomic mass is 16.6. The van der Waals surface area contributed by atoms with Crippen LogP contribution in [0.5, 0.6) is 0 Å². The van der Waals surface area contributed by atoms with E-state index < -0.39 is 11.8 Å². The van der Waals surface area contributed by atoms with Crippen LogP contribution in [0.1, 0.15) is 31.9 Å². The standard InChI is InChI=1S/C20H25N3O4/c1-20(2)13-23(16(20)14-6-4-3-5-7-14)18(25)17(24)21-9-8-15(12-21)22-10-11-27-19(22)26/h3-7,15-16H,8-13H2,1-2H3. The second kappa shape index (κ2) is 6.55. The molecule has 0 saturated carbocycles. The van der Waals surface area contributed by atoms with E-state index in [9.17, 15) is 14.4 Å². The second-order valence-electron chi connectivity index (χ2n) is 8.24. The molecule has 0 bridgehead atoms. The number of likely N-dealkylation sites (tertiary alicyclic amines) is 2. The average molecular weight is 371 g/mol. The lowest BCUT2D eigenvalue weighted by Gasteiger charge is -2.54. The second-order valence-corrected chi connectivity index (χ2v) is 8.24. The Labute approximate surface area is 158 Å². The summed E-state index contributed by atoms with van der Waals surface area (Å²) in [6.45, 7) is 6.62. The van der Waals surface area contributed by atoms with E-state index in [1.165, 1.54) is 0 Å². The maximum absolute atomic E-state index is 12.9. The SMILES string of the molecule is CC1(C)CN(C(=O)C(=O)N2CCC(N3CCOC3=O)C2)C1c1ccccc1. The Kier molecular flexibility index (Phi) is 4.32. The summed E-state index contributed by atoms with van der Waals surface area (Å²) in [5, 5.41) is 0. The van der Waals surface area contributed by atoms with E-state index in [0.29, 0.717) is 39.2 Å². The third-order valence-corrected chi connectivity index (χ3v) is 5.87. The van der Waals surface area contributed by atoms with Crippen LogP contribution in [0.4, 0.5) is 4.79 Å². The molecule has 0 radical (unpaired) electrons. The Hall–Kier alpha value is -2.57. The average Bonchev–Trinajstić information content (AvgIpc) is 3.28. The Balaban J connectivity index is 1.44. The molecule has 7 heteroatoms. The highest BCUT2D eigenvalue weighted by molar-refractivity contribution is 6.35. The van der Waals surface area contributed by atoms with E-state index in [4.69, 9.17) is 4.74 Å². The molecule has 1 aromatic rings. The molecule has 3 saturated heterocycles. The Bertz CT molecular complexity index is 764. The van der Waals surface area contributed by atoms with Gasteiger partial charge in [0, 0.05) is 25.0 Å². The molecule has 0 aliphatic carbocycles. The molecule has 3 aliphatic rings. The first-order valence-electron chi connectivity index (χ1n) is 9.47. The van der Waals surface area contributed by atoms with Crippen molar-refractivity contribution in [1.82, 2.24) is 14.7 Å². The minimum atomic E-state index is -0.471. The van der Waals surface area contributed by atoms with Gasteiger partial charge < -0.3 is 14.5 Å². The molecule has 1 aromatic carbocycles. The maximum Gasteiger partial charge on any atom is 0.410 e. The van der Waals surface area contributed by atoms with Crippen molar-refractivity contribution in [2.75, 3.05) is 32.8 Å². The van der Waals surface area contributed by atoms with Gasteiger partial charge in [0.25, 0.3) is 0 Å². The molecule has 2 atom stereocenters. The number of carbonyl (C=O) groups is 3. The quantitative estimate of drug-likeness (QED) is 0.741. The molecule has 3 fully saturated rings. The van der Waals surface area contributed by atoms with Crippen molar-refractivity contribution in [3.63, 3.8) is 0 Å². The van der Waals surface area contributed by atoms with E-state index in [1.807, 2.05) is 30.3 Å². The predicted octanol–water partition coefficient (Wildman–Crippen LogP) is 1.65. The summed E-state index contributed by atoms with van der Waals surface area (Å²) in [5.41, 5.74) is 0.985. The monoisotopic (exact) mass is 371 g/mol. The van der Waals surface area contributed by atoms with Gasteiger partial charge in [0.2, 0.25) is 0 Å². The van der Waals surface area contributed by atoms with Crippen molar-refractivity contribution in [2.24, 2.45) is 5.41 Å². The number of amides is 3. The molecule has 3 aliphatic heterocycles. The zero-order valence-electron chi connectivity index (χ0n) is 15.8. The third kappa shape index (κ3) is 3.05. The summed E-state index contributed by atoms with van der Waals surface area (Å²) in [5.74, 6) is -0.922. The van der Waals surface area contributed by atoms with Gasteiger partial charge in [-0.15, -0.1) is 0 Å². The van der Waals surface area contributed by atoms with Crippen LogP contribution in [0.15, 0.2) is 30.3 Å². The molecule has 27 heavy (non-hydrogen) atoms. The van der Waals surface area contributed by atoms with E-state index in [0.717, 1.165) is 5.56 Å². The number of hydrogen-bond donors (Lipinski definition) is 0. The van der Waals surface area contributed by atoms with E-state index in [1.54, 1.807) is 14.7 Å². The Morgan fingerprint density at radius 3 is 2.48 bits per heavy atom. The topological polar surface area (TPSA) is 70.2 Å². The minimum absolute atomic E-state index is 0.0606. The van der Waals surface area contributed by atoms with Crippen LogP contribution in [0, 0.1) is 5.41 Å². The molecule has 3 amide bonds. The van der Waals surface area contributed by atoms with Gasteiger partial charge in [0.1, 0.15) is 6.61 Å². The summed E-state index contributed by atoms with van der Waals surface area (Å²) in [6.07, 6.45) is 0.358. The van der Waals surface area contributed by atoms with Crippen molar-refractivity contribution >= 4 is 17.9 Å². The molecule has 0 aromatic heterocycles. The van der Waals surface area contributed by atoms with Gasteiger partial charge in [-0.05, 0) is 12.0 Å². The molecule has 7 nitrogen and oxygen atoms in total. The number of benzene rings is 1. The van der Waals surface area contributed by atoms with Crippen LogP contribution >= 0.6 is 0 Å². The number of carbonyl (C=O) groups excluding carboxylic acids is 3. The van der Waals surface area contributed by atoms with Crippen LogP contribution < -0.4 is 0 Å². The van der Waals surface area contributed by atoms with Gasteiger partial charge in [-0.3, -0.25) is 14.5 Å². The Morgan fingerprint density at radius 1 is 1.11 bits per heavy atom. The van der Waals surface area contributed by atoms with Gasteiger partial charge >= 0.3 is 17.9 Å². The number of rotatable bonds is 2. The van der Waals surface area contributed by atoms with E-state index in [-0.39, 0.29) is 23.6 Å². The van der Waals surface area contributed by atoms with Gasteiger partial charge in [-0.25, -0.2) is 4.79 Å². The first kappa shape index (κ1) is 17.8. The third-order valence-electron chi connectivity index (χ3n) is 5.87.